The van der Waals surface area contributed by atoms with Gasteiger partial charge in [0, 0.05) is 60.4 Å². The van der Waals surface area contributed by atoms with Gasteiger partial charge in [0.25, 0.3) is 5.91 Å². The number of piperazine rings is 1. The van der Waals surface area contributed by atoms with Gasteiger partial charge in [0.05, 0.1) is 16.6 Å². The van der Waals surface area contributed by atoms with Gasteiger partial charge in [-0.05, 0) is 91.8 Å². The van der Waals surface area contributed by atoms with Gasteiger partial charge < -0.3 is 35.8 Å². The SMILES string of the molecule is CN1CCN(CCc2ccc(NC(=O)c3ccc4nc(-c5cc(NC(=O)Nc6ccc(Cl)cc6)ccc5O)[nH]c4c3)cc2)CC1. The van der Waals surface area contributed by atoms with Crippen LogP contribution >= 0.6 is 11.6 Å². The molecule has 230 valence electrons. The number of imidazole rings is 1. The van der Waals surface area contributed by atoms with E-state index in [0.717, 1.165) is 44.8 Å². The predicted molar refractivity (Wildman–Crippen MR) is 179 cm³/mol. The molecule has 4 aromatic carbocycles. The predicted octanol–water partition coefficient (Wildman–Crippen LogP) is 6.28. The number of carbonyl (C=O) groups is 2. The first-order valence-electron chi connectivity index (χ1n) is 14.8. The van der Waals surface area contributed by atoms with Crippen molar-refractivity contribution in [3.8, 4) is 17.1 Å². The molecule has 0 saturated carbocycles. The number of nitrogens with zero attached hydrogens (tertiary/aromatic N) is 3. The van der Waals surface area contributed by atoms with Gasteiger partial charge in [-0.1, -0.05) is 23.7 Å². The number of aromatic hydroxyl groups is 1. The molecule has 0 atom stereocenters. The second kappa shape index (κ2) is 13.4. The summed E-state index contributed by atoms with van der Waals surface area (Å²) in [7, 11) is 2.16. The molecular weight excluding hydrogens is 590 g/mol. The number of hydrogen-bond acceptors (Lipinski definition) is 6. The number of phenolic OH excluding ortho intramolecular Hbond substituents is 1. The third kappa shape index (κ3) is 7.61. The maximum Gasteiger partial charge on any atom is 0.323 e. The topological polar surface area (TPSA) is 126 Å². The highest BCUT2D eigenvalue weighted by atomic mass is 35.5. The molecule has 1 aliphatic heterocycles. The second-order valence-corrected chi connectivity index (χ2v) is 11.6. The number of rotatable bonds is 8. The smallest absolute Gasteiger partial charge is 0.323 e. The zero-order valence-corrected chi connectivity index (χ0v) is 25.6. The van der Waals surface area contributed by atoms with E-state index in [1.54, 1.807) is 54.6 Å². The van der Waals surface area contributed by atoms with Crippen molar-refractivity contribution >= 4 is 51.6 Å². The van der Waals surface area contributed by atoms with Crippen LogP contribution in [0.4, 0.5) is 21.9 Å². The fourth-order valence-electron chi connectivity index (χ4n) is 5.23. The van der Waals surface area contributed by atoms with Gasteiger partial charge in [-0.3, -0.25) is 4.79 Å². The molecule has 1 saturated heterocycles. The first-order chi connectivity index (χ1) is 21.8. The van der Waals surface area contributed by atoms with Gasteiger partial charge in [0.2, 0.25) is 0 Å². The summed E-state index contributed by atoms with van der Waals surface area (Å²) in [5.41, 5.74) is 5.14. The third-order valence-corrected chi connectivity index (χ3v) is 8.13. The Balaban J connectivity index is 1.09. The number of amides is 3. The Morgan fingerprint density at radius 2 is 1.51 bits per heavy atom. The number of nitrogens with one attached hydrogen (secondary N) is 4. The molecule has 0 unspecified atom stereocenters. The Bertz CT molecular complexity index is 1810. The number of aromatic nitrogens is 2. The van der Waals surface area contributed by atoms with Crippen LogP contribution in [0.5, 0.6) is 5.75 Å². The number of carbonyl (C=O) groups excluding carboxylic acids is 2. The van der Waals surface area contributed by atoms with E-state index in [1.807, 2.05) is 12.1 Å². The van der Waals surface area contributed by atoms with E-state index >= 15 is 0 Å². The number of phenols is 1. The minimum atomic E-state index is -0.450. The molecule has 10 nitrogen and oxygen atoms in total. The van der Waals surface area contributed by atoms with E-state index in [2.05, 4.69) is 54.9 Å². The van der Waals surface area contributed by atoms with Gasteiger partial charge in [-0.2, -0.15) is 0 Å². The molecule has 0 spiro atoms. The van der Waals surface area contributed by atoms with Crippen molar-refractivity contribution in [3.05, 3.63) is 101 Å². The van der Waals surface area contributed by atoms with E-state index in [4.69, 9.17) is 11.6 Å². The van der Waals surface area contributed by atoms with Crippen molar-refractivity contribution in [3.63, 3.8) is 0 Å². The van der Waals surface area contributed by atoms with Crippen molar-refractivity contribution < 1.29 is 14.7 Å². The zero-order chi connectivity index (χ0) is 31.3. The van der Waals surface area contributed by atoms with Crippen molar-refractivity contribution in [2.24, 2.45) is 0 Å². The van der Waals surface area contributed by atoms with E-state index < -0.39 is 6.03 Å². The summed E-state index contributed by atoms with van der Waals surface area (Å²) in [5.74, 6) is 0.149. The van der Waals surface area contributed by atoms with Crippen LogP contribution in [-0.2, 0) is 6.42 Å². The number of aromatic amines is 1. The van der Waals surface area contributed by atoms with Crippen LogP contribution in [0, 0.1) is 0 Å². The average molecular weight is 624 g/mol. The average Bonchev–Trinajstić information content (AvgIpc) is 3.47. The van der Waals surface area contributed by atoms with Crippen LogP contribution in [0.2, 0.25) is 5.02 Å². The van der Waals surface area contributed by atoms with Crippen molar-refractivity contribution in [2.75, 3.05) is 55.7 Å². The molecule has 5 N–H and O–H groups in total. The van der Waals surface area contributed by atoms with Crippen LogP contribution in [0.15, 0.2) is 84.9 Å². The quantitative estimate of drug-likeness (QED) is 0.130. The first kappa shape index (κ1) is 30.1. The fourth-order valence-corrected chi connectivity index (χ4v) is 5.35. The minimum Gasteiger partial charge on any atom is -0.507 e. The molecule has 0 aliphatic carbocycles. The molecule has 0 radical (unpaired) electrons. The summed E-state index contributed by atoms with van der Waals surface area (Å²) in [6, 6.07) is 24.2. The molecule has 1 aromatic heterocycles. The fraction of sp³-hybridized carbons (Fsp3) is 0.206. The third-order valence-electron chi connectivity index (χ3n) is 7.88. The van der Waals surface area contributed by atoms with E-state index in [1.165, 1.54) is 11.6 Å². The standard InChI is InChI=1S/C34H34ClN7O3/c1-41-16-18-42(19-17-41)15-14-22-2-7-25(8-3-22)36-33(44)23-4-12-29-30(20-23)40-32(39-29)28-21-27(11-13-31(28)43)38-34(45)37-26-9-5-24(35)6-10-26/h2-13,20-21,43H,14-19H2,1H3,(H,36,44)(H,39,40)(H2,37,38,45). The highest BCUT2D eigenvalue weighted by molar-refractivity contribution is 6.30. The Morgan fingerprint density at radius 3 is 2.27 bits per heavy atom. The molecule has 11 heteroatoms. The number of H-pyrrole nitrogens is 1. The maximum atomic E-state index is 13.1. The van der Waals surface area contributed by atoms with Gasteiger partial charge in [0.15, 0.2) is 0 Å². The monoisotopic (exact) mass is 623 g/mol. The molecule has 3 amide bonds. The first-order valence-corrected chi connectivity index (χ1v) is 15.1. The summed E-state index contributed by atoms with van der Waals surface area (Å²) >= 11 is 5.91. The van der Waals surface area contributed by atoms with Crippen LogP contribution in [0.3, 0.4) is 0 Å². The second-order valence-electron chi connectivity index (χ2n) is 11.2. The number of hydrogen-bond donors (Lipinski definition) is 5. The summed E-state index contributed by atoms with van der Waals surface area (Å²) in [4.78, 5) is 38.2. The van der Waals surface area contributed by atoms with Crippen molar-refractivity contribution in [1.29, 1.82) is 0 Å². The minimum absolute atomic E-state index is 0.0114. The van der Waals surface area contributed by atoms with Gasteiger partial charge in [-0.25, -0.2) is 9.78 Å². The van der Waals surface area contributed by atoms with Crippen LogP contribution in [0.1, 0.15) is 15.9 Å². The normalized spacial score (nSPS) is 13.9. The number of likely N-dealkylation sites (N-methyl/N-ethyl adjacent to an activating group) is 1. The zero-order valence-electron chi connectivity index (χ0n) is 24.8. The lowest BCUT2D eigenvalue weighted by atomic mass is 10.1. The number of benzene rings is 4. The van der Waals surface area contributed by atoms with Crippen molar-refractivity contribution in [2.45, 2.75) is 6.42 Å². The summed E-state index contributed by atoms with van der Waals surface area (Å²) in [6.45, 7) is 5.45. The largest absolute Gasteiger partial charge is 0.507 e. The number of fused-ring (bicyclic) bond motifs is 1. The summed E-state index contributed by atoms with van der Waals surface area (Å²) in [6.07, 6.45) is 0.974. The van der Waals surface area contributed by atoms with Crippen LogP contribution < -0.4 is 16.0 Å². The molecule has 1 aliphatic rings. The lowest BCUT2D eigenvalue weighted by molar-refractivity contribution is 0.102. The molecule has 0 bridgehead atoms. The van der Waals surface area contributed by atoms with Crippen molar-refractivity contribution in [1.82, 2.24) is 19.8 Å². The summed E-state index contributed by atoms with van der Waals surface area (Å²) < 4.78 is 0. The maximum absolute atomic E-state index is 13.1. The molecule has 45 heavy (non-hydrogen) atoms. The van der Waals surface area contributed by atoms with Gasteiger partial charge in [0.1, 0.15) is 11.6 Å². The highest BCUT2D eigenvalue weighted by Gasteiger charge is 2.15. The molecule has 6 rings (SSSR count). The Morgan fingerprint density at radius 1 is 0.844 bits per heavy atom. The lowest BCUT2D eigenvalue weighted by Crippen LogP contribution is -2.45. The summed E-state index contributed by atoms with van der Waals surface area (Å²) in [5, 5.41) is 19.6. The van der Waals surface area contributed by atoms with E-state index in [0.29, 0.717) is 44.4 Å². The molecule has 1 fully saturated rings. The molecular formula is C34H34ClN7O3. The highest BCUT2D eigenvalue weighted by Crippen LogP contribution is 2.32. The van der Waals surface area contributed by atoms with Crippen LogP contribution in [0.25, 0.3) is 22.4 Å². The number of urea groups is 1. The van der Waals surface area contributed by atoms with Gasteiger partial charge >= 0.3 is 6.03 Å². The number of halogens is 1. The Kier molecular flexibility index (Phi) is 8.97. The van der Waals surface area contributed by atoms with E-state index in [9.17, 15) is 14.7 Å². The van der Waals surface area contributed by atoms with Crippen LogP contribution in [-0.4, -0.2) is 76.6 Å². The Labute approximate surface area is 266 Å². The number of anilines is 3. The van der Waals surface area contributed by atoms with E-state index in [-0.39, 0.29) is 11.7 Å². The molecule has 5 aromatic rings. The Hall–Kier alpha value is -4.90. The van der Waals surface area contributed by atoms with Gasteiger partial charge in [-0.15, -0.1) is 0 Å². The molecule has 2 heterocycles. The lowest BCUT2D eigenvalue weighted by Gasteiger charge is -2.32.